The van der Waals surface area contributed by atoms with Gasteiger partial charge in [-0.1, -0.05) is 27.7 Å². The van der Waals surface area contributed by atoms with E-state index in [9.17, 15) is 84.0 Å². The Morgan fingerprint density at radius 2 is 0.862 bits per heavy atom. The number of phenols is 4. The summed E-state index contributed by atoms with van der Waals surface area (Å²) in [4.78, 5) is 130. The highest BCUT2D eigenvalue weighted by Gasteiger charge is 2.35. The summed E-state index contributed by atoms with van der Waals surface area (Å²) in [7, 11) is 0. The predicted octanol–water partition coefficient (Wildman–Crippen LogP) is 6.59. The number of aromatic hydroxyl groups is 4. The van der Waals surface area contributed by atoms with Gasteiger partial charge in [-0.05, 0) is 154 Å². The monoisotopic (exact) mass is 1600 g/mol. The minimum absolute atomic E-state index is 0.000301. The number of nitrogens with one attached hydrogen (secondary N) is 3. The summed E-state index contributed by atoms with van der Waals surface area (Å²) < 4.78 is 7.48. The van der Waals surface area contributed by atoms with Crippen LogP contribution in [0.15, 0.2) is 85.2 Å². The van der Waals surface area contributed by atoms with Crippen molar-refractivity contribution in [2.75, 3.05) is 111 Å². The highest BCUT2D eigenvalue weighted by molar-refractivity contribution is 5.94. The summed E-state index contributed by atoms with van der Waals surface area (Å²) >= 11 is 0. The molecular weight excluding hydrogens is 1500 g/mol. The van der Waals surface area contributed by atoms with Crippen molar-refractivity contribution in [1.29, 1.82) is 0 Å². The van der Waals surface area contributed by atoms with Crippen LogP contribution in [0.2, 0.25) is 0 Å². The maximum atomic E-state index is 14.6. The molecule has 116 heavy (non-hydrogen) atoms. The minimum atomic E-state index is -1.31. The largest absolute Gasteiger partial charge is 0.508 e. The van der Waals surface area contributed by atoms with Crippen LogP contribution in [-0.2, 0) is 46.7 Å². The molecule has 0 saturated carbocycles. The van der Waals surface area contributed by atoms with Crippen molar-refractivity contribution in [2.45, 2.75) is 143 Å². The van der Waals surface area contributed by atoms with E-state index in [0.29, 0.717) is 101 Å². The van der Waals surface area contributed by atoms with Gasteiger partial charge >= 0.3 is 23.9 Å². The number of carboxylic acids is 4. The van der Waals surface area contributed by atoms with Crippen LogP contribution >= 0.6 is 0 Å². The number of fused-ring (bicyclic) bond motifs is 2. The number of phenolic OH excluding ortho intramolecular Hbond substituents is 4. The zero-order valence-electron chi connectivity index (χ0n) is 66.6. The van der Waals surface area contributed by atoms with Gasteiger partial charge in [0.2, 0.25) is 29.4 Å². The van der Waals surface area contributed by atoms with Crippen molar-refractivity contribution >= 4 is 75.2 Å². The lowest BCUT2D eigenvalue weighted by Crippen LogP contribution is -2.52. The number of amides is 5. The van der Waals surface area contributed by atoms with Crippen molar-refractivity contribution < 1.29 is 84.0 Å². The molecule has 5 amide bonds. The van der Waals surface area contributed by atoms with E-state index >= 15 is 0 Å². The number of likely N-dealkylation sites (tertiary alicyclic amines) is 2. The molecule has 34 nitrogen and oxygen atoms in total. The number of rotatable bonds is 32. The Kier molecular flexibility index (Phi) is 28.5. The van der Waals surface area contributed by atoms with Gasteiger partial charge in [0.15, 0.2) is 11.6 Å². The number of hydrogen-bond acceptors (Lipinski definition) is 21. The Morgan fingerprint density at radius 3 is 1.22 bits per heavy atom. The molecule has 7 heterocycles. The molecule has 0 bridgehead atoms. The lowest BCUT2D eigenvalue weighted by atomic mass is 9.92. The molecule has 0 spiro atoms. The molecule has 622 valence electrons. The van der Waals surface area contributed by atoms with Crippen molar-refractivity contribution in [3.63, 3.8) is 0 Å². The lowest BCUT2D eigenvalue weighted by molar-refractivity contribution is -0.145. The number of nitrogens with zero attached hydrogens (tertiary/aromatic N) is 14. The number of piperidine rings is 2. The smallest absolute Gasteiger partial charge is 0.320 e. The zero-order valence-corrected chi connectivity index (χ0v) is 66.6. The van der Waals surface area contributed by atoms with Gasteiger partial charge in [-0.25, -0.2) is 0 Å². The van der Waals surface area contributed by atoms with Crippen LogP contribution < -0.4 is 16.0 Å². The van der Waals surface area contributed by atoms with Crippen LogP contribution in [0.4, 0.5) is 0 Å². The van der Waals surface area contributed by atoms with E-state index in [-0.39, 0.29) is 177 Å². The highest BCUT2D eigenvalue weighted by Crippen LogP contribution is 2.41. The molecular formula is C82H107N17O17. The van der Waals surface area contributed by atoms with Gasteiger partial charge in [0.25, 0.3) is 11.8 Å². The van der Waals surface area contributed by atoms with Crippen LogP contribution in [-0.4, -0.2) is 286 Å². The summed E-state index contributed by atoms with van der Waals surface area (Å²) in [6.07, 6.45) is 7.28. The molecule has 8 aromatic rings. The Labute approximate surface area is 671 Å². The number of carbonyl (C=O) groups is 9. The summed E-state index contributed by atoms with van der Waals surface area (Å²) in [6.45, 7) is 14.3. The number of aliphatic carboxylic acids is 4. The number of aromatic nitrogens is 8. The van der Waals surface area contributed by atoms with Crippen LogP contribution in [0.25, 0.3) is 56.0 Å². The average molecular weight is 1600 g/mol. The average Bonchev–Trinajstić information content (AvgIpc) is 1.61. The molecule has 1 atom stereocenters. The van der Waals surface area contributed by atoms with E-state index in [2.05, 4.69) is 45.5 Å². The normalized spacial score (nSPS) is 15.9. The van der Waals surface area contributed by atoms with Crippen molar-refractivity contribution in [3.8, 4) is 57.1 Å². The molecule has 11 rings (SSSR count). The summed E-state index contributed by atoms with van der Waals surface area (Å²) in [5.74, 6) is -6.62. The third-order valence-electron chi connectivity index (χ3n) is 22.5. The summed E-state index contributed by atoms with van der Waals surface area (Å²) in [6, 6.07) is 19.0. The van der Waals surface area contributed by atoms with Gasteiger partial charge in [-0.2, -0.15) is 0 Å². The van der Waals surface area contributed by atoms with Crippen molar-refractivity contribution in [3.05, 3.63) is 108 Å². The molecule has 0 aliphatic carbocycles. The molecule has 3 fully saturated rings. The van der Waals surface area contributed by atoms with Gasteiger partial charge in [0, 0.05) is 176 Å². The first-order valence-corrected chi connectivity index (χ1v) is 40.0. The number of carboxylic acid groups (broad SMARTS) is 4. The highest BCUT2D eigenvalue weighted by atomic mass is 16.4. The maximum Gasteiger partial charge on any atom is 0.320 e. The fourth-order valence-corrected chi connectivity index (χ4v) is 16.1. The fraction of sp³-hybridized carbons (Fsp3) is 0.500. The maximum absolute atomic E-state index is 14.6. The summed E-state index contributed by atoms with van der Waals surface area (Å²) in [5.41, 5.74) is 4.75. The molecule has 4 aromatic carbocycles. The molecule has 0 unspecified atom stereocenters. The first-order valence-electron chi connectivity index (χ1n) is 40.0. The fourth-order valence-electron chi connectivity index (χ4n) is 16.1. The quantitative estimate of drug-likeness (QED) is 0.0212. The minimum Gasteiger partial charge on any atom is -0.508 e. The van der Waals surface area contributed by atoms with E-state index in [1.165, 1.54) is 12.1 Å². The lowest BCUT2D eigenvalue weighted by Gasteiger charge is -2.35. The Hall–Kier alpha value is -11.5. The molecule has 3 aliphatic heterocycles. The molecule has 0 radical (unpaired) electrons. The van der Waals surface area contributed by atoms with Gasteiger partial charge < -0.3 is 75.7 Å². The van der Waals surface area contributed by atoms with Crippen LogP contribution in [0, 0.1) is 11.8 Å². The van der Waals surface area contributed by atoms with Gasteiger partial charge in [-0.3, -0.25) is 71.9 Å². The topological polar surface area (TPSA) is 442 Å². The first-order chi connectivity index (χ1) is 55.5. The second-order valence-corrected chi connectivity index (χ2v) is 31.1. The first kappa shape index (κ1) is 85.4. The van der Waals surface area contributed by atoms with Crippen molar-refractivity contribution in [2.24, 2.45) is 11.8 Å². The number of aryl methyl sites for hydroxylation is 2. The molecule has 4 aromatic heterocycles. The van der Waals surface area contributed by atoms with Gasteiger partial charge in [0.1, 0.15) is 29.0 Å². The van der Waals surface area contributed by atoms with E-state index in [4.69, 9.17) is 0 Å². The van der Waals surface area contributed by atoms with Gasteiger partial charge in [0.05, 0.1) is 42.1 Å². The van der Waals surface area contributed by atoms with E-state index in [1.807, 2.05) is 88.6 Å². The second-order valence-electron chi connectivity index (χ2n) is 31.1. The Morgan fingerprint density at radius 1 is 0.474 bits per heavy atom. The molecule has 3 aliphatic rings. The standard InChI is InChI=1S/C82H107N17O17/c1-7-83-80(113)78-88-86-76(61-43-59(50(3)4)66(100)45-68(61)102)98(78)57-9-11-63-54(39-57)21-29-93(63)23-15-52-17-25-96(26-18-52)71(105)41-56(85-70(104)14-13-65(82(115)116)95-37-35-91(48-74(109)110)33-31-90(47-73(107)108)32-34-92(36-38-95)49-75(111)112)42-72(106)97-27-19-53(20-28-97)16-24-94-30-22-55-40-58(10-12-64(55)94)99-77(87-89-79(99)81(114)84-8-2)62-44-60(51(5)6)67(101)46-69(62)103/h9-12,21-22,29-30,39-40,43-46,50-53,56,65,100-103H,7-8,13-20,23-28,31-38,41-42,47-49H2,1-6H3,(H,83,113)(H,84,114)(H,85,104)(H,107,108)(H,109,110)(H,111,112)(H,115,116)/t65-/m1/s1. The third-order valence-corrected chi connectivity index (χ3v) is 22.5. The predicted molar refractivity (Wildman–Crippen MR) is 429 cm³/mol. The third kappa shape index (κ3) is 21.1. The van der Waals surface area contributed by atoms with Crippen LogP contribution in [0.3, 0.4) is 0 Å². The molecule has 3 saturated heterocycles. The zero-order chi connectivity index (χ0) is 83.2. The van der Waals surface area contributed by atoms with Crippen molar-refractivity contribution in [1.82, 2.24) is 84.0 Å². The number of benzene rings is 4. The number of carbonyl (C=O) groups excluding carboxylic acids is 5. The Balaban J connectivity index is 0.753. The summed E-state index contributed by atoms with van der Waals surface area (Å²) in [5, 5.41) is 111. The Bertz CT molecular complexity index is 4600. The number of hydrogen-bond donors (Lipinski definition) is 11. The van der Waals surface area contributed by atoms with E-state index < -0.39 is 66.8 Å². The van der Waals surface area contributed by atoms with Gasteiger partial charge in [-0.15, -0.1) is 20.4 Å². The SMILES string of the molecule is CCNC(=O)c1nnc(-c2cc(C(C)C)c(O)cc2O)n1-c1ccc2c(ccn2CCC2CCN(C(=O)CC(CC(=O)N3CCC(CCn4ccc5cc(-n6c(C(=O)NCC)nnc6-c6cc(C(C)C)c(O)cc6O)ccc54)CC3)NC(=O)CC[C@H](C(=O)O)N3CCN(CC(=O)O)CCN(CC(=O)O)CCN(CC(=O)O)CC3)CC2)c1. The second kappa shape index (κ2) is 38.8. The van der Waals surface area contributed by atoms with E-state index in [1.54, 1.807) is 64.5 Å². The van der Waals surface area contributed by atoms with Crippen LogP contribution in [0.5, 0.6) is 23.0 Å². The van der Waals surface area contributed by atoms with E-state index in [0.717, 1.165) is 34.6 Å². The molecule has 34 heteroatoms. The van der Waals surface area contributed by atoms with Crippen LogP contribution in [0.1, 0.15) is 150 Å². The molecule has 11 N–H and O–H groups in total.